The van der Waals surface area contributed by atoms with Gasteiger partial charge in [-0.2, -0.15) is 0 Å². The molecule has 4 rings (SSSR count). The average molecular weight is 435 g/mol. The Labute approximate surface area is 161 Å². The fourth-order valence-electron chi connectivity index (χ4n) is 2.88. The highest BCUT2D eigenvalue weighted by Crippen LogP contribution is 2.48. The van der Waals surface area contributed by atoms with Gasteiger partial charge in [-0.15, -0.1) is 11.3 Å². The van der Waals surface area contributed by atoms with Gasteiger partial charge in [0.15, 0.2) is 11.0 Å². The summed E-state index contributed by atoms with van der Waals surface area (Å²) in [6.07, 6.45) is 0. The highest BCUT2D eigenvalue weighted by molar-refractivity contribution is 9.11. The lowest BCUT2D eigenvalue weighted by Crippen LogP contribution is -2.28. The number of nitrogens with two attached hydrogens (primary N) is 1. The number of thiophene rings is 1. The lowest BCUT2D eigenvalue weighted by Gasteiger charge is -2.29. The summed E-state index contributed by atoms with van der Waals surface area (Å²) in [5, 5.41) is 0. The van der Waals surface area contributed by atoms with Gasteiger partial charge in [-0.3, -0.25) is 4.31 Å². The summed E-state index contributed by atoms with van der Waals surface area (Å²) in [5.74, 6) is 0.749. The molecule has 0 saturated heterocycles. The van der Waals surface area contributed by atoms with Crippen LogP contribution in [0.5, 0.6) is 5.75 Å². The zero-order chi connectivity index (χ0) is 17.6. The number of hydrogen-bond acceptors (Lipinski definition) is 4. The van der Waals surface area contributed by atoms with E-state index in [4.69, 9.17) is 10.5 Å². The quantitative estimate of drug-likeness (QED) is 0.601. The largest absolute Gasteiger partial charge is 0.497 e. The van der Waals surface area contributed by atoms with Crippen LogP contribution in [-0.4, -0.2) is 11.3 Å². The lowest BCUT2D eigenvalue weighted by atomic mass is 10.0. The molecule has 4 nitrogen and oxygen atoms in total. The Kier molecular flexibility index (Phi) is 4.31. The van der Waals surface area contributed by atoms with E-state index in [1.807, 2.05) is 52.8 Å². The average Bonchev–Trinajstić information content (AvgIpc) is 3.02. The van der Waals surface area contributed by atoms with Crippen molar-refractivity contribution in [2.75, 3.05) is 17.1 Å². The van der Waals surface area contributed by atoms with E-state index in [1.165, 1.54) is 0 Å². The Hall–Kier alpha value is -1.83. The molecule has 128 valence electrons. The van der Waals surface area contributed by atoms with Crippen molar-refractivity contribution in [3.63, 3.8) is 0 Å². The first kappa shape index (κ1) is 16.6. The van der Waals surface area contributed by atoms with Gasteiger partial charge in [0.1, 0.15) is 5.75 Å². The van der Waals surface area contributed by atoms with Gasteiger partial charge < -0.3 is 10.5 Å². The second-order valence-electron chi connectivity index (χ2n) is 5.64. The summed E-state index contributed by atoms with van der Waals surface area (Å²) in [5.41, 5.74) is 9.91. The van der Waals surface area contributed by atoms with Crippen LogP contribution in [0.25, 0.3) is 10.4 Å². The third-order valence-electron chi connectivity index (χ3n) is 4.10. The van der Waals surface area contributed by atoms with Gasteiger partial charge >= 0.3 is 0 Å². The van der Waals surface area contributed by atoms with Crippen molar-refractivity contribution in [2.45, 2.75) is 11.4 Å². The van der Waals surface area contributed by atoms with Crippen LogP contribution >= 0.6 is 27.3 Å². The molecular formula is C18H15BrN2O2S2. The number of methoxy groups -OCH3 is 1. The highest BCUT2D eigenvalue weighted by atomic mass is 79.9. The van der Waals surface area contributed by atoms with Gasteiger partial charge in [0.2, 0.25) is 0 Å². The third kappa shape index (κ3) is 2.96. The molecule has 1 atom stereocenters. The summed E-state index contributed by atoms with van der Waals surface area (Å²) in [6, 6.07) is 15.3. The molecule has 1 aliphatic rings. The zero-order valence-corrected chi connectivity index (χ0v) is 16.6. The number of fused-ring (bicyclic) bond motifs is 3. The second kappa shape index (κ2) is 6.48. The van der Waals surface area contributed by atoms with Gasteiger partial charge in [0, 0.05) is 11.3 Å². The Morgan fingerprint density at radius 1 is 1.20 bits per heavy atom. The fraction of sp³-hybridized carbons (Fsp3) is 0.111. The number of hydrogen-bond donors (Lipinski definition) is 1. The number of rotatable bonds is 3. The molecule has 0 fully saturated rings. The first-order valence-electron chi connectivity index (χ1n) is 7.58. The van der Waals surface area contributed by atoms with Gasteiger partial charge in [0.25, 0.3) is 0 Å². The molecule has 2 aromatic carbocycles. The van der Waals surface area contributed by atoms with E-state index < -0.39 is 11.0 Å². The second-order valence-corrected chi connectivity index (χ2v) is 9.48. The van der Waals surface area contributed by atoms with Crippen molar-refractivity contribution >= 4 is 49.6 Å². The van der Waals surface area contributed by atoms with Crippen LogP contribution in [0.2, 0.25) is 0 Å². The molecule has 1 aromatic heterocycles. The first-order valence-corrected chi connectivity index (χ1v) is 10.3. The van der Waals surface area contributed by atoms with E-state index in [2.05, 4.69) is 15.9 Å². The van der Waals surface area contributed by atoms with Crippen LogP contribution in [0, 0.1) is 0 Å². The summed E-state index contributed by atoms with van der Waals surface area (Å²) >= 11 is 5.19. The van der Waals surface area contributed by atoms with Crippen molar-refractivity contribution in [3.8, 4) is 16.2 Å². The summed E-state index contributed by atoms with van der Waals surface area (Å²) in [6.45, 7) is 0.574. The standard InChI is InChI=1S/C18H15BrN2O2S2/c1-23-13-4-6-14(7-5-13)25(22)21-10-11-2-3-12(20)8-15(11)18-16(21)9-17(19)24-18/h2-9H,10,20H2,1H3. The van der Waals surface area contributed by atoms with E-state index in [0.717, 1.165) is 41.8 Å². The number of nitrogens with zero attached hydrogens (tertiary/aromatic N) is 1. The number of benzene rings is 2. The molecule has 2 N–H and O–H groups in total. The molecule has 0 aliphatic carbocycles. The molecule has 0 radical (unpaired) electrons. The molecule has 1 aliphatic heterocycles. The smallest absolute Gasteiger partial charge is 0.153 e. The molecule has 0 saturated carbocycles. The van der Waals surface area contributed by atoms with Gasteiger partial charge in [-0.1, -0.05) is 6.07 Å². The van der Waals surface area contributed by atoms with Gasteiger partial charge in [-0.05, 0) is 64.0 Å². The zero-order valence-electron chi connectivity index (χ0n) is 13.4. The molecule has 3 aromatic rings. The SMILES string of the molecule is COc1ccc(S(=O)N2Cc3ccc(N)cc3-c3sc(Br)cc32)cc1. The maximum Gasteiger partial charge on any atom is 0.153 e. The molecule has 0 amide bonds. The maximum atomic E-state index is 13.2. The van der Waals surface area contributed by atoms with Crippen LogP contribution in [0.1, 0.15) is 5.56 Å². The minimum Gasteiger partial charge on any atom is -0.497 e. The predicted octanol–water partition coefficient (Wildman–Crippen LogP) is 4.81. The van der Waals surface area contributed by atoms with Crippen LogP contribution in [-0.2, 0) is 17.5 Å². The molecule has 0 bridgehead atoms. The van der Waals surface area contributed by atoms with E-state index in [0.29, 0.717) is 6.54 Å². The molecular weight excluding hydrogens is 420 g/mol. The minimum absolute atomic E-state index is 0.574. The van der Waals surface area contributed by atoms with Crippen LogP contribution in [0.15, 0.2) is 57.2 Å². The third-order valence-corrected chi connectivity index (χ3v) is 7.17. The van der Waals surface area contributed by atoms with Gasteiger partial charge in [0.05, 0.1) is 32.9 Å². The molecule has 2 heterocycles. The van der Waals surface area contributed by atoms with Crippen molar-refractivity contribution < 1.29 is 8.95 Å². The van der Waals surface area contributed by atoms with Crippen LogP contribution < -0.4 is 14.8 Å². The van der Waals surface area contributed by atoms with Crippen molar-refractivity contribution in [2.24, 2.45) is 0 Å². The summed E-state index contributed by atoms with van der Waals surface area (Å²) in [4.78, 5) is 1.83. The molecule has 25 heavy (non-hydrogen) atoms. The van der Waals surface area contributed by atoms with Crippen LogP contribution in [0.3, 0.4) is 0 Å². The molecule has 1 unspecified atom stereocenters. The summed E-state index contributed by atoms with van der Waals surface area (Å²) < 4.78 is 21.3. The fourth-order valence-corrected chi connectivity index (χ4v) is 5.78. The monoisotopic (exact) mass is 434 g/mol. The van der Waals surface area contributed by atoms with E-state index in [9.17, 15) is 4.21 Å². The highest BCUT2D eigenvalue weighted by Gasteiger charge is 2.28. The van der Waals surface area contributed by atoms with Crippen molar-refractivity contribution in [3.05, 3.63) is 57.9 Å². The Bertz CT molecular complexity index is 970. The summed E-state index contributed by atoms with van der Waals surface area (Å²) in [7, 11) is 0.311. The number of halogens is 1. The van der Waals surface area contributed by atoms with E-state index in [-0.39, 0.29) is 0 Å². The Morgan fingerprint density at radius 3 is 2.68 bits per heavy atom. The normalized spacial score (nSPS) is 13.9. The Balaban J connectivity index is 1.78. The van der Waals surface area contributed by atoms with E-state index in [1.54, 1.807) is 18.4 Å². The Morgan fingerprint density at radius 2 is 1.96 bits per heavy atom. The molecule has 0 spiro atoms. The number of anilines is 2. The molecule has 7 heteroatoms. The van der Waals surface area contributed by atoms with Crippen LogP contribution in [0.4, 0.5) is 11.4 Å². The number of ether oxygens (including phenoxy) is 1. The van der Waals surface area contributed by atoms with E-state index >= 15 is 0 Å². The number of nitrogen functional groups attached to an aromatic ring is 1. The topological polar surface area (TPSA) is 55.6 Å². The lowest BCUT2D eigenvalue weighted by molar-refractivity contribution is 0.414. The maximum absolute atomic E-state index is 13.2. The minimum atomic E-state index is -1.31. The van der Waals surface area contributed by atoms with Gasteiger partial charge in [-0.25, -0.2) is 4.21 Å². The predicted molar refractivity (Wildman–Crippen MR) is 107 cm³/mol. The first-order chi connectivity index (χ1) is 12.1. The van der Waals surface area contributed by atoms with Crippen molar-refractivity contribution in [1.29, 1.82) is 0 Å². The van der Waals surface area contributed by atoms with Crippen molar-refractivity contribution in [1.82, 2.24) is 0 Å².